The van der Waals surface area contributed by atoms with Crippen LogP contribution in [0, 0.1) is 0 Å². The molecule has 68 valence electrons. The van der Waals surface area contributed by atoms with Gasteiger partial charge < -0.3 is 0 Å². The van der Waals surface area contributed by atoms with Crippen molar-refractivity contribution in [3.05, 3.63) is 0 Å². The Balaban J connectivity index is 1.60. The Morgan fingerprint density at radius 1 is 1.08 bits per heavy atom. The van der Waals surface area contributed by atoms with Gasteiger partial charge in [-0.3, -0.25) is 15.1 Å². The quantitative estimate of drug-likeness (QED) is 0.589. The molecule has 0 saturated carbocycles. The molecule has 12 heavy (non-hydrogen) atoms. The van der Waals surface area contributed by atoms with Crippen LogP contribution in [-0.4, -0.2) is 48.3 Å². The number of nitrogens with one attached hydrogen (secondary N) is 1. The second kappa shape index (κ2) is 2.69. The average molecular weight is 167 g/mol. The minimum Gasteiger partial charge on any atom is -0.298 e. The standard InChI is InChI=1S/C9H17N3/c1-2-5-11(4-1)9-3-6-12(9)8-7-10-8/h8-10H,1-7H2. The Bertz CT molecular complexity index is 171. The lowest BCUT2D eigenvalue weighted by molar-refractivity contribution is -0.0296. The second-order valence-electron chi connectivity index (χ2n) is 4.17. The highest BCUT2D eigenvalue weighted by atomic mass is 15.5. The van der Waals surface area contributed by atoms with E-state index < -0.39 is 0 Å². The van der Waals surface area contributed by atoms with Crippen LogP contribution in [0.1, 0.15) is 19.3 Å². The van der Waals surface area contributed by atoms with Crippen molar-refractivity contribution >= 4 is 0 Å². The minimum absolute atomic E-state index is 0.740. The summed E-state index contributed by atoms with van der Waals surface area (Å²) in [7, 11) is 0. The van der Waals surface area contributed by atoms with Gasteiger partial charge in [-0.05, 0) is 32.4 Å². The molecular weight excluding hydrogens is 150 g/mol. The van der Waals surface area contributed by atoms with E-state index in [-0.39, 0.29) is 0 Å². The maximum atomic E-state index is 3.39. The summed E-state index contributed by atoms with van der Waals surface area (Å²) in [5.41, 5.74) is 0. The van der Waals surface area contributed by atoms with Gasteiger partial charge in [-0.15, -0.1) is 0 Å². The average Bonchev–Trinajstić information content (AvgIpc) is 2.65. The molecule has 0 aromatic rings. The zero-order chi connectivity index (χ0) is 7.97. The van der Waals surface area contributed by atoms with E-state index in [2.05, 4.69) is 15.1 Å². The normalized spacial score (nSPS) is 43.0. The van der Waals surface area contributed by atoms with Crippen molar-refractivity contribution in [1.29, 1.82) is 0 Å². The van der Waals surface area contributed by atoms with E-state index in [1.165, 1.54) is 45.4 Å². The first-order valence-electron chi connectivity index (χ1n) is 5.18. The minimum atomic E-state index is 0.740. The van der Waals surface area contributed by atoms with Crippen LogP contribution in [0.4, 0.5) is 0 Å². The largest absolute Gasteiger partial charge is 0.298 e. The van der Waals surface area contributed by atoms with Gasteiger partial charge in [-0.1, -0.05) is 0 Å². The molecule has 3 fully saturated rings. The van der Waals surface area contributed by atoms with Crippen molar-refractivity contribution in [3.63, 3.8) is 0 Å². The van der Waals surface area contributed by atoms with E-state index >= 15 is 0 Å². The Morgan fingerprint density at radius 3 is 2.33 bits per heavy atom. The van der Waals surface area contributed by atoms with Crippen LogP contribution in [-0.2, 0) is 0 Å². The molecule has 3 heterocycles. The zero-order valence-electron chi connectivity index (χ0n) is 7.50. The summed E-state index contributed by atoms with van der Waals surface area (Å²) in [6.45, 7) is 5.23. The molecule has 0 aromatic heterocycles. The molecule has 0 radical (unpaired) electrons. The van der Waals surface area contributed by atoms with Crippen LogP contribution in [0.2, 0.25) is 0 Å². The van der Waals surface area contributed by atoms with Crippen LogP contribution in [0.25, 0.3) is 0 Å². The first kappa shape index (κ1) is 7.30. The summed E-state index contributed by atoms with van der Waals surface area (Å²) >= 11 is 0. The molecule has 2 unspecified atom stereocenters. The van der Waals surface area contributed by atoms with Crippen LogP contribution >= 0.6 is 0 Å². The molecule has 3 rings (SSSR count). The molecule has 2 atom stereocenters. The van der Waals surface area contributed by atoms with Gasteiger partial charge in [-0.2, -0.15) is 0 Å². The molecule has 0 aliphatic carbocycles. The molecular formula is C9H17N3. The maximum Gasteiger partial charge on any atom is 0.0739 e. The topological polar surface area (TPSA) is 28.4 Å². The third-order valence-corrected chi connectivity index (χ3v) is 3.38. The Morgan fingerprint density at radius 2 is 1.83 bits per heavy atom. The zero-order valence-corrected chi connectivity index (χ0v) is 7.50. The molecule has 0 spiro atoms. The van der Waals surface area contributed by atoms with Crippen molar-refractivity contribution in [3.8, 4) is 0 Å². The Kier molecular flexibility index (Phi) is 1.63. The SMILES string of the molecule is C1CCN(C2CCN2C2CN2)C1. The predicted octanol–water partition coefficient (Wildman–Crippen LogP) is 0.0433. The van der Waals surface area contributed by atoms with E-state index in [1.54, 1.807) is 0 Å². The molecule has 0 aromatic carbocycles. The fourth-order valence-electron chi connectivity index (χ4n) is 2.48. The summed E-state index contributed by atoms with van der Waals surface area (Å²) in [6.07, 6.45) is 5.78. The number of hydrogen-bond acceptors (Lipinski definition) is 3. The third kappa shape index (κ3) is 1.08. The van der Waals surface area contributed by atoms with Gasteiger partial charge in [0, 0.05) is 13.1 Å². The van der Waals surface area contributed by atoms with Crippen molar-refractivity contribution in [1.82, 2.24) is 15.1 Å². The Hall–Kier alpha value is -0.120. The molecule has 0 amide bonds. The molecule has 3 aliphatic heterocycles. The fraction of sp³-hybridized carbons (Fsp3) is 1.00. The fourth-order valence-corrected chi connectivity index (χ4v) is 2.48. The van der Waals surface area contributed by atoms with Crippen LogP contribution in [0.15, 0.2) is 0 Å². The van der Waals surface area contributed by atoms with E-state index in [0.29, 0.717) is 0 Å². The highest BCUT2D eigenvalue weighted by Crippen LogP contribution is 2.28. The summed E-state index contributed by atoms with van der Waals surface area (Å²) < 4.78 is 0. The summed E-state index contributed by atoms with van der Waals surface area (Å²) in [5.74, 6) is 0. The van der Waals surface area contributed by atoms with Gasteiger partial charge in [0.2, 0.25) is 0 Å². The number of hydrogen-bond donors (Lipinski definition) is 1. The van der Waals surface area contributed by atoms with Gasteiger partial charge in [0.15, 0.2) is 0 Å². The highest BCUT2D eigenvalue weighted by Gasteiger charge is 2.42. The Labute approximate surface area is 73.7 Å². The van der Waals surface area contributed by atoms with Crippen LogP contribution < -0.4 is 5.32 Å². The molecule has 3 heteroatoms. The maximum absolute atomic E-state index is 3.39. The van der Waals surface area contributed by atoms with E-state index in [4.69, 9.17) is 0 Å². The first-order chi connectivity index (χ1) is 5.95. The van der Waals surface area contributed by atoms with Crippen molar-refractivity contribution in [2.45, 2.75) is 31.6 Å². The number of likely N-dealkylation sites (tertiary alicyclic amines) is 2. The molecule has 1 N–H and O–H groups in total. The molecule has 0 bridgehead atoms. The molecule has 3 nitrogen and oxygen atoms in total. The van der Waals surface area contributed by atoms with Crippen LogP contribution in [0.5, 0.6) is 0 Å². The van der Waals surface area contributed by atoms with Gasteiger partial charge >= 0.3 is 0 Å². The number of rotatable bonds is 2. The predicted molar refractivity (Wildman–Crippen MR) is 47.7 cm³/mol. The van der Waals surface area contributed by atoms with E-state index in [1.807, 2.05) is 0 Å². The smallest absolute Gasteiger partial charge is 0.0739 e. The van der Waals surface area contributed by atoms with Gasteiger partial charge in [0.25, 0.3) is 0 Å². The molecule has 3 saturated heterocycles. The van der Waals surface area contributed by atoms with E-state index in [9.17, 15) is 0 Å². The first-order valence-corrected chi connectivity index (χ1v) is 5.18. The summed E-state index contributed by atoms with van der Waals surface area (Å²) in [6, 6.07) is 0. The second-order valence-corrected chi connectivity index (χ2v) is 4.17. The monoisotopic (exact) mass is 167 g/mol. The lowest BCUT2D eigenvalue weighted by Crippen LogP contribution is -2.58. The summed E-state index contributed by atoms with van der Waals surface area (Å²) in [5, 5.41) is 3.39. The lowest BCUT2D eigenvalue weighted by Gasteiger charge is -2.45. The van der Waals surface area contributed by atoms with Crippen molar-refractivity contribution < 1.29 is 0 Å². The third-order valence-electron chi connectivity index (χ3n) is 3.38. The van der Waals surface area contributed by atoms with Gasteiger partial charge in [0.05, 0.1) is 12.3 Å². The van der Waals surface area contributed by atoms with Gasteiger partial charge in [0.1, 0.15) is 0 Å². The van der Waals surface area contributed by atoms with Crippen molar-refractivity contribution in [2.75, 3.05) is 26.2 Å². The van der Waals surface area contributed by atoms with Gasteiger partial charge in [-0.25, -0.2) is 0 Å². The lowest BCUT2D eigenvalue weighted by atomic mass is 10.1. The van der Waals surface area contributed by atoms with Crippen molar-refractivity contribution in [2.24, 2.45) is 0 Å². The number of nitrogens with zero attached hydrogens (tertiary/aromatic N) is 2. The van der Waals surface area contributed by atoms with E-state index in [0.717, 1.165) is 12.3 Å². The summed E-state index contributed by atoms with van der Waals surface area (Å²) in [4.78, 5) is 5.27. The molecule has 3 aliphatic rings. The van der Waals surface area contributed by atoms with Crippen LogP contribution in [0.3, 0.4) is 0 Å². The highest BCUT2D eigenvalue weighted by molar-refractivity contribution is 4.95.